The van der Waals surface area contributed by atoms with Crippen molar-refractivity contribution in [1.82, 2.24) is 0 Å². The number of aliphatic hydroxyl groups is 1. The number of aliphatic hydroxyl groups excluding tert-OH is 1. The van der Waals surface area contributed by atoms with Gasteiger partial charge in [0.05, 0.1) is 26.4 Å². The van der Waals surface area contributed by atoms with Gasteiger partial charge in [0, 0.05) is 25.7 Å². The molecule has 0 aliphatic carbocycles. The van der Waals surface area contributed by atoms with Crippen LogP contribution in [-0.2, 0) is 65.4 Å². The van der Waals surface area contributed by atoms with Gasteiger partial charge in [0.2, 0.25) is 0 Å². The lowest BCUT2D eigenvalue weighted by Gasteiger charge is -2.21. The van der Waals surface area contributed by atoms with Gasteiger partial charge in [-0.05, 0) is 128 Å². The van der Waals surface area contributed by atoms with Gasteiger partial charge in [-0.25, -0.2) is 9.13 Å². The zero-order valence-corrected chi connectivity index (χ0v) is 64.3. The molecule has 0 aromatic heterocycles. The second-order valence-electron chi connectivity index (χ2n) is 26.7. The number of allylic oxidation sites excluding steroid dienone is 10. The van der Waals surface area contributed by atoms with Crippen LogP contribution >= 0.6 is 15.6 Å². The maximum atomic E-state index is 13.1. The van der Waals surface area contributed by atoms with E-state index in [1.165, 1.54) is 128 Å². The van der Waals surface area contributed by atoms with Gasteiger partial charge in [-0.15, -0.1) is 0 Å². The molecule has 5 atom stereocenters. The minimum Gasteiger partial charge on any atom is -0.462 e. The second kappa shape index (κ2) is 72.1. The molecule has 0 rings (SSSR count). The standard InChI is InChI=1S/C79H144O17P2/c1-5-9-13-17-21-25-29-33-36-40-44-48-52-56-60-64-77(82)90-70-75(96-79(84)66-62-58-54-50-46-42-38-35-31-27-23-19-15-11-7-3)72-94-98(87,88)92-68-73(80)67-91-97(85,86)93-71-74(69-89-76(81)63-59-55-51-47-43-39-32-28-24-20-16-12-8-4)95-78(83)65-61-57-53-49-45-41-37-34-30-26-22-18-14-10-6-2/h25,28-29,32-38,73-75,80H,5-24,26-27,30-31,39-72H2,1-4H3,(H,85,86)(H,87,88)/b29-25-,32-28-,36-33-,37-34-,38-35-/t73-,74-,75-/m1/s1. The molecule has 0 aromatic carbocycles. The van der Waals surface area contributed by atoms with Crippen LogP contribution in [0.3, 0.4) is 0 Å². The summed E-state index contributed by atoms with van der Waals surface area (Å²) in [5.74, 6) is -2.19. The molecule has 0 aliphatic heterocycles. The Morgan fingerprint density at radius 3 is 0.776 bits per heavy atom. The van der Waals surface area contributed by atoms with Crippen molar-refractivity contribution in [2.75, 3.05) is 39.6 Å². The smallest absolute Gasteiger partial charge is 0.462 e. The summed E-state index contributed by atoms with van der Waals surface area (Å²) >= 11 is 0. The van der Waals surface area contributed by atoms with Crippen LogP contribution in [0.1, 0.15) is 362 Å². The van der Waals surface area contributed by atoms with Crippen LogP contribution in [0.5, 0.6) is 0 Å². The lowest BCUT2D eigenvalue weighted by molar-refractivity contribution is -0.161. The first-order valence-corrected chi connectivity index (χ1v) is 42.5. The highest BCUT2D eigenvalue weighted by molar-refractivity contribution is 7.47. The van der Waals surface area contributed by atoms with E-state index in [0.29, 0.717) is 25.7 Å². The molecule has 19 heteroatoms. The number of carbonyl (C=O) groups is 4. The second-order valence-corrected chi connectivity index (χ2v) is 29.6. The first-order chi connectivity index (χ1) is 47.7. The highest BCUT2D eigenvalue weighted by atomic mass is 31.2. The van der Waals surface area contributed by atoms with Crippen molar-refractivity contribution in [3.05, 3.63) is 60.8 Å². The Balaban J connectivity index is 5.35. The molecular formula is C79H144O17P2. The van der Waals surface area contributed by atoms with E-state index in [4.69, 9.17) is 37.0 Å². The van der Waals surface area contributed by atoms with Crippen molar-refractivity contribution in [2.24, 2.45) is 0 Å². The third kappa shape index (κ3) is 71.2. The maximum absolute atomic E-state index is 13.1. The summed E-state index contributed by atoms with van der Waals surface area (Å²) in [5.41, 5.74) is 0. The monoisotopic (exact) mass is 1430 g/mol. The zero-order valence-electron chi connectivity index (χ0n) is 62.5. The van der Waals surface area contributed by atoms with Gasteiger partial charge in [0.1, 0.15) is 19.3 Å². The molecule has 0 bridgehead atoms. The molecule has 0 aliphatic rings. The van der Waals surface area contributed by atoms with Gasteiger partial charge in [0.25, 0.3) is 0 Å². The molecule has 17 nitrogen and oxygen atoms in total. The van der Waals surface area contributed by atoms with Gasteiger partial charge >= 0.3 is 39.5 Å². The lowest BCUT2D eigenvalue weighted by Crippen LogP contribution is -2.30. The van der Waals surface area contributed by atoms with Crippen LogP contribution in [0, 0.1) is 0 Å². The summed E-state index contributed by atoms with van der Waals surface area (Å²) in [5, 5.41) is 10.6. The summed E-state index contributed by atoms with van der Waals surface area (Å²) < 4.78 is 68.5. The molecule has 0 fully saturated rings. The predicted octanol–water partition coefficient (Wildman–Crippen LogP) is 22.7. The summed E-state index contributed by atoms with van der Waals surface area (Å²) in [6.07, 6.45) is 70.5. The van der Waals surface area contributed by atoms with Gasteiger partial charge in [-0.3, -0.25) is 37.3 Å². The fourth-order valence-electron chi connectivity index (χ4n) is 10.8. The third-order valence-electron chi connectivity index (χ3n) is 17.0. The molecule has 0 radical (unpaired) electrons. The molecule has 98 heavy (non-hydrogen) atoms. The number of ether oxygens (including phenoxy) is 4. The predicted molar refractivity (Wildman–Crippen MR) is 400 cm³/mol. The van der Waals surface area contributed by atoms with Crippen LogP contribution < -0.4 is 0 Å². The van der Waals surface area contributed by atoms with Gasteiger partial charge in [-0.2, -0.15) is 0 Å². The van der Waals surface area contributed by atoms with E-state index in [1.54, 1.807) is 0 Å². The fourth-order valence-corrected chi connectivity index (χ4v) is 12.4. The van der Waals surface area contributed by atoms with E-state index in [-0.39, 0.29) is 25.7 Å². The molecule has 3 N–H and O–H groups in total. The Labute approximate surface area is 597 Å². The van der Waals surface area contributed by atoms with Crippen molar-refractivity contribution >= 4 is 39.5 Å². The highest BCUT2D eigenvalue weighted by Gasteiger charge is 2.30. The summed E-state index contributed by atoms with van der Waals surface area (Å²) in [7, 11) is -9.95. The molecule has 0 heterocycles. The third-order valence-corrected chi connectivity index (χ3v) is 18.9. The number of unbranched alkanes of at least 4 members (excludes halogenated alkanes) is 40. The van der Waals surface area contributed by atoms with Crippen molar-refractivity contribution < 1.29 is 80.2 Å². The first kappa shape index (κ1) is 94.8. The van der Waals surface area contributed by atoms with Crippen molar-refractivity contribution in [2.45, 2.75) is 380 Å². The average molecular weight is 1430 g/mol. The largest absolute Gasteiger partial charge is 0.472 e. The van der Waals surface area contributed by atoms with E-state index < -0.39 is 97.5 Å². The van der Waals surface area contributed by atoms with Crippen molar-refractivity contribution in [3.8, 4) is 0 Å². The van der Waals surface area contributed by atoms with Crippen LogP contribution in [-0.4, -0.2) is 96.7 Å². The summed E-state index contributed by atoms with van der Waals surface area (Å²) in [6.45, 7) is 4.84. The topological polar surface area (TPSA) is 237 Å². The number of hydrogen-bond acceptors (Lipinski definition) is 15. The molecule has 2 unspecified atom stereocenters. The van der Waals surface area contributed by atoms with Gasteiger partial charge in [0.15, 0.2) is 12.2 Å². The number of carbonyl (C=O) groups excluding carboxylic acids is 4. The Hall–Kier alpha value is -3.24. The lowest BCUT2D eigenvalue weighted by atomic mass is 10.1. The summed E-state index contributed by atoms with van der Waals surface area (Å²) in [4.78, 5) is 72.9. The van der Waals surface area contributed by atoms with Crippen molar-refractivity contribution in [1.29, 1.82) is 0 Å². The maximum Gasteiger partial charge on any atom is 0.472 e. The highest BCUT2D eigenvalue weighted by Crippen LogP contribution is 2.45. The molecular weight excluding hydrogens is 1280 g/mol. The van der Waals surface area contributed by atoms with E-state index in [9.17, 15) is 43.2 Å². The normalized spacial score (nSPS) is 14.2. The SMILES string of the molecule is CCCCCC/C=C\C=C/CCCCCCCC(=O)OC[C@H](COP(=O)(O)OC[C@H](O)COP(=O)(O)OC[C@@H](COC(=O)CCCCCCC/C=C\CCCCCC)OC(=O)CCCCCCC/C=C\CCCCCCCC)OC(=O)CCCCCCC/C=C\CCCCCCCC. The first-order valence-electron chi connectivity index (χ1n) is 39.5. The van der Waals surface area contributed by atoms with Crippen LogP contribution in [0.25, 0.3) is 0 Å². The number of phosphoric ester groups is 2. The Morgan fingerprint density at radius 2 is 0.500 bits per heavy atom. The van der Waals surface area contributed by atoms with Crippen LogP contribution in [0.4, 0.5) is 0 Å². The number of esters is 4. The molecule has 0 spiro atoms. The number of phosphoric acid groups is 2. The van der Waals surface area contributed by atoms with Crippen LogP contribution in [0.2, 0.25) is 0 Å². The minimum atomic E-state index is -4.97. The van der Waals surface area contributed by atoms with Crippen LogP contribution in [0.15, 0.2) is 60.8 Å². The van der Waals surface area contributed by atoms with Crippen molar-refractivity contribution in [3.63, 3.8) is 0 Å². The number of hydrogen-bond donors (Lipinski definition) is 3. The van der Waals surface area contributed by atoms with E-state index >= 15 is 0 Å². The Kier molecular flexibility index (Phi) is 69.7. The number of rotatable bonds is 75. The molecule has 0 saturated carbocycles. The van der Waals surface area contributed by atoms with E-state index in [2.05, 4.69) is 88.5 Å². The van der Waals surface area contributed by atoms with Gasteiger partial charge in [-0.1, -0.05) is 268 Å². The zero-order chi connectivity index (χ0) is 71.8. The Bertz CT molecular complexity index is 2100. The quantitative estimate of drug-likeness (QED) is 0.0128. The molecule has 0 amide bonds. The van der Waals surface area contributed by atoms with E-state index in [0.717, 1.165) is 154 Å². The molecule has 572 valence electrons. The fraction of sp³-hybridized carbons (Fsp3) is 0.823. The molecule has 0 saturated heterocycles. The minimum absolute atomic E-state index is 0.0851. The Morgan fingerprint density at radius 1 is 0.286 bits per heavy atom. The summed E-state index contributed by atoms with van der Waals surface area (Å²) in [6, 6.07) is 0. The van der Waals surface area contributed by atoms with Gasteiger partial charge < -0.3 is 33.8 Å². The average Bonchev–Trinajstić information content (AvgIpc) is 1.04. The van der Waals surface area contributed by atoms with E-state index in [1.807, 2.05) is 0 Å². The molecule has 0 aromatic rings.